The molecule has 0 radical (unpaired) electrons. The molecular weight excluding hydrogens is 321 g/mol. The molecule has 0 unspecified atom stereocenters. The Morgan fingerprint density at radius 3 is 2.89 bits per heavy atom. The maximum Gasteiger partial charge on any atom is 0.251 e. The van der Waals surface area contributed by atoms with Crippen molar-refractivity contribution in [3.8, 4) is 0 Å². The highest BCUT2D eigenvalue weighted by Gasteiger charge is 2.07. The lowest BCUT2D eigenvalue weighted by Gasteiger charge is -2.05. The lowest BCUT2D eigenvalue weighted by molar-refractivity contribution is 0.0953. The molecule has 7 heteroatoms. The highest BCUT2D eigenvalue weighted by Crippen LogP contribution is 2.23. The highest BCUT2D eigenvalue weighted by molar-refractivity contribution is 9.10. The molecule has 1 amide bonds. The van der Waals surface area contributed by atoms with Crippen LogP contribution in [0.25, 0.3) is 0 Å². The zero-order valence-electron chi connectivity index (χ0n) is 9.49. The number of hydrogen-bond acceptors (Lipinski definition) is 3. The number of nitrogens with two attached hydrogens (primary N) is 1. The van der Waals surface area contributed by atoms with E-state index in [2.05, 4.69) is 26.4 Å². The van der Waals surface area contributed by atoms with Crippen molar-refractivity contribution in [2.75, 3.05) is 6.54 Å². The molecule has 18 heavy (non-hydrogen) atoms. The van der Waals surface area contributed by atoms with Gasteiger partial charge in [-0.3, -0.25) is 4.79 Å². The Kier molecular flexibility index (Phi) is 5.94. The summed E-state index contributed by atoms with van der Waals surface area (Å²) in [7, 11) is 0. The molecule has 0 aromatic heterocycles. The molecule has 0 aliphatic carbocycles. The second-order valence-corrected chi connectivity index (χ2v) is 4.84. The van der Waals surface area contributed by atoms with Crippen molar-refractivity contribution >= 4 is 39.3 Å². The first-order valence-electron chi connectivity index (χ1n) is 5.24. The van der Waals surface area contributed by atoms with E-state index in [1.165, 1.54) is 0 Å². The van der Waals surface area contributed by atoms with Gasteiger partial charge >= 0.3 is 0 Å². The first-order chi connectivity index (χ1) is 8.54. The number of carbonyl (C=O) groups is 1. The monoisotopic (exact) mass is 333 g/mol. The van der Waals surface area contributed by atoms with Gasteiger partial charge in [-0.25, -0.2) is 0 Å². The Bertz CT molecular complexity index is 466. The van der Waals surface area contributed by atoms with Crippen LogP contribution in [0.1, 0.15) is 23.2 Å². The van der Waals surface area contributed by atoms with Gasteiger partial charge in [-0.05, 0) is 40.5 Å². The topological polar surface area (TPSA) is 87.7 Å². The van der Waals surface area contributed by atoms with E-state index < -0.39 is 0 Å². The van der Waals surface area contributed by atoms with Gasteiger partial charge in [0.15, 0.2) is 0 Å². The van der Waals surface area contributed by atoms with Crippen LogP contribution in [0, 0.1) is 0 Å². The number of hydrogen-bond donors (Lipinski definition) is 3. The van der Waals surface area contributed by atoms with Crippen molar-refractivity contribution in [3.05, 3.63) is 33.3 Å². The predicted molar refractivity (Wildman–Crippen MR) is 74.1 cm³/mol. The molecule has 0 bridgehead atoms. The molecular formula is C11H13BrClN3O2. The van der Waals surface area contributed by atoms with Crippen LogP contribution in [-0.4, -0.2) is 23.5 Å². The summed E-state index contributed by atoms with van der Waals surface area (Å²) in [5, 5.41) is 14.4. The van der Waals surface area contributed by atoms with Crippen LogP contribution >= 0.6 is 27.5 Å². The molecule has 0 atom stereocenters. The summed E-state index contributed by atoms with van der Waals surface area (Å²) in [6.07, 6.45) is 1.03. The lowest BCUT2D eigenvalue weighted by atomic mass is 10.2. The molecule has 0 aliphatic heterocycles. The molecule has 1 aromatic rings. The Labute approximate surface area is 118 Å². The number of oxime groups is 1. The molecule has 0 saturated carbocycles. The number of rotatable bonds is 5. The highest BCUT2D eigenvalue weighted by atomic mass is 79.9. The summed E-state index contributed by atoms with van der Waals surface area (Å²) in [6, 6.07) is 4.98. The van der Waals surface area contributed by atoms with Gasteiger partial charge in [0.05, 0.1) is 5.02 Å². The van der Waals surface area contributed by atoms with E-state index in [1.54, 1.807) is 18.2 Å². The van der Waals surface area contributed by atoms with Gasteiger partial charge < -0.3 is 16.3 Å². The van der Waals surface area contributed by atoms with Gasteiger partial charge in [0.25, 0.3) is 5.91 Å². The molecule has 4 N–H and O–H groups in total. The average Bonchev–Trinajstić information content (AvgIpc) is 2.37. The van der Waals surface area contributed by atoms with E-state index in [0.29, 0.717) is 30.0 Å². The molecule has 5 nitrogen and oxygen atoms in total. The molecule has 98 valence electrons. The van der Waals surface area contributed by atoms with Crippen LogP contribution in [-0.2, 0) is 0 Å². The van der Waals surface area contributed by atoms with E-state index in [-0.39, 0.29) is 11.7 Å². The molecule has 1 aromatic carbocycles. The second-order valence-electron chi connectivity index (χ2n) is 3.58. The Hall–Kier alpha value is -1.27. The average molecular weight is 335 g/mol. The normalized spacial score (nSPS) is 11.3. The molecule has 0 saturated heterocycles. The minimum absolute atomic E-state index is 0.149. The molecule has 0 fully saturated rings. The SMILES string of the molecule is N/C(CCCNC(=O)c1ccc(Br)c(Cl)c1)=N/O. The van der Waals surface area contributed by atoms with Crippen LogP contribution in [0.2, 0.25) is 5.02 Å². The maximum atomic E-state index is 11.7. The van der Waals surface area contributed by atoms with Gasteiger partial charge in [0.2, 0.25) is 0 Å². The zero-order chi connectivity index (χ0) is 13.5. The largest absolute Gasteiger partial charge is 0.409 e. The number of carbonyl (C=O) groups excluding carboxylic acids is 1. The first-order valence-corrected chi connectivity index (χ1v) is 6.41. The Morgan fingerprint density at radius 2 is 2.28 bits per heavy atom. The van der Waals surface area contributed by atoms with Crippen LogP contribution in [0.3, 0.4) is 0 Å². The molecule has 0 heterocycles. The number of halogens is 2. The van der Waals surface area contributed by atoms with Gasteiger partial charge in [-0.15, -0.1) is 0 Å². The third kappa shape index (κ3) is 4.54. The molecule has 1 rings (SSSR count). The summed E-state index contributed by atoms with van der Waals surface area (Å²) in [5.41, 5.74) is 5.79. The van der Waals surface area contributed by atoms with E-state index in [9.17, 15) is 4.79 Å². The number of amides is 1. The number of amidine groups is 1. The van der Waals surface area contributed by atoms with Crippen molar-refractivity contribution in [1.29, 1.82) is 0 Å². The summed E-state index contributed by atoms with van der Waals surface area (Å²) in [6.45, 7) is 0.447. The smallest absolute Gasteiger partial charge is 0.251 e. The lowest BCUT2D eigenvalue weighted by Crippen LogP contribution is -2.25. The predicted octanol–water partition coefficient (Wildman–Crippen LogP) is 2.36. The van der Waals surface area contributed by atoms with Crippen molar-refractivity contribution < 1.29 is 10.0 Å². The molecule has 0 spiro atoms. The summed E-state index contributed by atoms with van der Waals surface area (Å²) in [5.74, 6) is -0.0557. The minimum Gasteiger partial charge on any atom is -0.409 e. The summed E-state index contributed by atoms with van der Waals surface area (Å²) >= 11 is 9.14. The van der Waals surface area contributed by atoms with Crippen LogP contribution in [0.4, 0.5) is 0 Å². The zero-order valence-corrected chi connectivity index (χ0v) is 11.8. The van der Waals surface area contributed by atoms with Crippen LogP contribution in [0.15, 0.2) is 27.8 Å². The van der Waals surface area contributed by atoms with Gasteiger partial charge in [0, 0.05) is 23.0 Å². The Morgan fingerprint density at radius 1 is 1.56 bits per heavy atom. The van der Waals surface area contributed by atoms with E-state index in [1.807, 2.05) is 0 Å². The van der Waals surface area contributed by atoms with Crippen LogP contribution < -0.4 is 11.1 Å². The summed E-state index contributed by atoms with van der Waals surface area (Å²) < 4.78 is 0.743. The number of benzene rings is 1. The van der Waals surface area contributed by atoms with Crippen LogP contribution in [0.5, 0.6) is 0 Å². The van der Waals surface area contributed by atoms with Gasteiger partial charge in [-0.1, -0.05) is 16.8 Å². The van der Waals surface area contributed by atoms with E-state index in [0.717, 1.165) is 4.47 Å². The van der Waals surface area contributed by atoms with Crippen molar-refractivity contribution in [3.63, 3.8) is 0 Å². The van der Waals surface area contributed by atoms with Gasteiger partial charge in [-0.2, -0.15) is 0 Å². The third-order valence-corrected chi connectivity index (χ3v) is 3.44. The summed E-state index contributed by atoms with van der Waals surface area (Å²) in [4.78, 5) is 11.7. The fourth-order valence-electron chi connectivity index (χ4n) is 1.26. The number of nitrogens with zero attached hydrogens (tertiary/aromatic N) is 1. The van der Waals surface area contributed by atoms with E-state index >= 15 is 0 Å². The fourth-order valence-corrected chi connectivity index (χ4v) is 1.69. The fraction of sp³-hybridized carbons (Fsp3) is 0.273. The van der Waals surface area contributed by atoms with Crippen molar-refractivity contribution in [1.82, 2.24) is 5.32 Å². The Balaban J connectivity index is 2.43. The first kappa shape index (κ1) is 14.8. The quantitative estimate of drug-likeness (QED) is 0.254. The van der Waals surface area contributed by atoms with E-state index in [4.69, 9.17) is 22.5 Å². The minimum atomic E-state index is -0.205. The van der Waals surface area contributed by atoms with Gasteiger partial charge in [0.1, 0.15) is 5.84 Å². The standard InChI is InChI=1S/C11H13BrClN3O2/c12-8-4-3-7(6-9(8)13)11(17)15-5-1-2-10(14)16-18/h3-4,6,18H,1-2,5H2,(H2,14,16)(H,15,17). The second kappa shape index (κ2) is 7.23. The number of nitrogens with one attached hydrogen (secondary N) is 1. The third-order valence-electron chi connectivity index (χ3n) is 2.21. The molecule has 0 aliphatic rings. The van der Waals surface area contributed by atoms with Crippen molar-refractivity contribution in [2.24, 2.45) is 10.9 Å². The maximum absolute atomic E-state index is 11.7. The van der Waals surface area contributed by atoms with Crippen molar-refractivity contribution in [2.45, 2.75) is 12.8 Å².